The van der Waals surface area contributed by atoms with Crippen molar-refractivity contribution < 1.29 is 9.13 Å². The van der Waals surface area contributed by atoms with Crippen LogP contribution in [0.2, 0.25) is 0 Å². The molecule has 0 aliphatic heterocycles. The molecule has 0 bridgehead atoms. The van der Waals surface area contributed by atoms with Crippen molar-refractivity contribution in [3.05, 3.63) is 63.9 Å². The molecule has 0 aliphatic rings. The minimum absolute atomic E-state index is 0.163. The molecule has 0 fully saturated rings. The average Bonchev–Trinajstić information content (AvgIpc) is 2.45. The zero-order chi connectivity index (χ0) is 14.5. The molecule has 2 aromatic rings. The lowest BCUT2D eigenvalue weighted by atomic mass is 10.1. The average molecular weight is 338 g/mol. The fourth-order valence-corrected chi connectivity index (χ4v) is 2.55. The van der Waals surface area contributed by atoms with Gasteiger partial charge in [-0.1, -0.05) is 18.2 Å². The molecular formula is C16H17BrFNO. The highest BCUT2D eigenvalue weighted by atomic mass is 79.9. The number of halogens is 2. The van der Waals surface area contributed by atoms with Crippen LogP contribution >= 0.6 is 15.9 Å². The topological polar surface area (TPSA) is 21.3 Å². The van der Waals surface area contributed by atoms with Crippen LogP contribution in [0, 0.1) is 5.82 Å². The van der Waals surface area contributed by atoms with Crippen LogP contribution in [0.5, 0.6) is 5.75 Å². The van der Waals surface area contributed by atoms with Gasteiger partial charge in [0.05, 0.1) is 11.6 Å². The molecule has 2 aromatic carbocycles. The van der Waals surface area contributed by atoms with Crippen LogP contribution in [-0.4, -0.2) is 7.11 Å². The Morgan fingerprint density at radius 3 is 2.50 bits per heavy atom. The molecule has 0 radical (unpaired) electrons. The lowest BCUT2D eigenvalue weighted by Crippen LogP contribution is -2.18. The molecule has 0 heterocycles. The van der Waals surface area contributed by atoms with Gasteiger partial charge in [0.1, 0.15) is 11.6 Å². The van der Waals surface area contributed by atoms with E-state index in [4.69, 9.17) is 4.74 Å². The van der Waals surface area contributed by atoms with Gasteiger partial charge >= 0.3 is 0 Å². The Morgan fingerprint density at radius 2 is 1.90 bits per heavy atom. The summed E-state index contributed by atoms with van der Waals surface area (Å²) in [6, 6.07) is 12.7. The van der Waals surface area contributed by atoms with E-state index < -0.39 is 0 Å². The smallest absolute Gasteiger partial charge is 0.133 e. The predicted octanol–water partition coefficient (Wildman–Crippen LogP) is 4.45. The minimum Gasteiger partial charge on any atom is -0.496 e. The highest BCUT2D eigenvalue weighted by Crippen LogP contribution is 2.25. The SMILES string of the molecule is COc1ccc(CNC(C)c2ccc(F)cc2)cc1Br. The molecule has 4 heteroatoms. The first-order valence-electron chi connectivity index (χ1n) is 6.41. The van der Waals surface area contributed by atoms with Crippen LogP contribution in [0.3, 0.4) is 0 Å². The van der Waals surface area contributed by atoms with Crippen molar-refractivity contribution in [3.63, 3.8) is 0 Å². The van der Waals surface area contributed by atoms with E-state index in [-0.39, 0.29) is 11.9 Å². The van der Waals surface area contributed by atoms with Crippen LogP contribution in [0.4, 0.5) is 4.39 Å². The molecule has 2 nitrogen and oxygen atoms in total. The van der Waals surface area contributed by atoms with Gasteiger partial charge in [0, 0.05) is 12.6 Å². The number of ether oxygens (including phenoxy) is 1. The predicted molar refractivity (Wildman–Crippen MR) is 82.3 cm³/mol. The number of hydrogen-bond donors (Lipinski definition) is 1. The van der Waals surface area contributed by atoms with Gasteiger partial charge in [0.25, 0.3) is 0 Å². The van der Waals surface area contributed by atoms with E-state index >= 15 is 0 Å². The normalized spacial score (nSPS) is 12.2. The molecule has 1 atom stereocenters. The van der Waals surface area contributed by atoms with E-state index in [9.17, 15) is 4.39 Å². The molecule has 0 aliphatic carbocycles. The van der Waals surface area contributed by atoms with Crippen LogP contribution in [0.1, 0.15) is 24.1 Å². The monoisotopic (exact) mass is 337 g/mol. The Labute approximate surface area is 127 Å². The molecule has 0 saturated heterocycles. The molecule has 0 amide bonds. The minimum atomic E-state index is -0.208. The summed E-state index contributed by atoms with van der Waals surface area (Å²) in [5.74, 6) is 0.611. The van der Waals surface area contributed by atoms with Gasteiger partial charge in [-0.2, -0.15) is 0 Å². The van der Waals surface area contributed by atoms with Gasteiger partial charge in [-0.25, -0.2) is 4.39 Å². The summed E-state index contributed by atoms with van der Waals surface area (Å²) >= 11 is 3.47. The van der Waals surface area contributed by atoms with Crippen molar-refractivity contribution in [2.75, 3.05) is 7.11 Å². The second-order valence-corrected chi connectivity index (χ2v) is 5.48. The van der Waals surface area contributed by atoms with Gasteiger partial charge in [0.15, 0.2) is 0 Å². The fourth-order valence-electron chi connectivity index (χ4n) is 1.96. The van der Waals surface area contributed by atoms with Crippen molar-refractivity contribution in [1.29, 1.82) is 0 Å². The lowest BCUT2D eigenvalue weighted by molar-refractivity contribution is 0.412. The second kappa shape index (κ2) is 6.86. The van der Waals surface area contributed by atoms with Gasteiger partial charge < -0.3 is 10.1 Å². The quantitative estimate of drug-likeness (QED) is 0.870. The fraction of sp³-hybridized carbons (Fsp3) is 0.250. The Hall–Kier alpha value is -1.39. The van der Waals surface area contributed by atoms with E-state index in [1.165, 1.54) is 12.1 Å². The first-order chi connectivity index (χ1) is 9.60. The maximum absolute atomic E-state index is 12.9. The molecule has 106 valence electrons. The summed E-state index contributed by atoms with van der Waals surface area (Å²) in [5.41, 5.74) is 2.23. The summed E-state index contributed by atoms with van der Waals surface area (Å²) in [7, 11) is 1.65. The first kappa shape index (κ1) is 15.0. The molecule has 0 aromatic heterocycles. The number of methoxy groups -OCH3 is 1. The number of benzene rings is 2. The van der Waals surface area contributed by atoms with Gasteiger partial charge in [0.2, 0.25) is 0 Å². The standard InChI is InChI=1S/C16H17BrFNO/c1-11(13-4-6-14(18)7-5-13)19-10-12-3-8-16(20-2)15(17)9-12/h3-9,11,19H,10H2,1-2H3. The Morgan fingerprint density at radius 1 is 1.20 bits per heavy atom. The Kier molecular flexibility index (Phi) is 5.15. The maximum Gasteiger partial charge on any atom is 0.133 e. The van der Waals surface area contributed by atoms with Crippen molar-refractivity contribution in [2.45, 2.75) is 19.5 Å². The third kappa shape index (κ3) is 3.81. The Bertz CT molecular complexity index is 571. The van der Waals surface area contributed by atoms with Crippen LogP contribution < -0.4 is 10.1 Å². The first-order valence-corrected chi connectivity index (χ1v) is 7.20. The highest BCUT2D eigenvalue weighted by molar-refractivity contribution is 9.10. The van der Waals surface area contributed by atoms with Crippen molar-refractivity contribution in [3.8, 4) is 5.75 Å². The van der Waals surface area contributed by atoms with Crippen LogP contribution in [0.25, 0.3) is 0 Å². The maximum atomic E-state index is 12.9. The lowest BCUT2D eigenvalue weighted by Gasteiger charge is -2.15. The van der Waals surface area contributed by atoms with E-state index in [0.29, 0.717) is 0 Å². The van der Waals surface area contributed by atoms with E-state index in [1.54, 1.807) is 19.2 Å². The molecule has 1 N–H and O–H groups in total. The Balaban J connectivity index is 1.97. The summed E-state index contributed by atoms with van der Waals surface area (Å²) in [6.45, 7) is 2.80. The zero-order valence-corrected chi connectivity index (χ0v) is 13.1. The summed E-state index contributed by atoms with van der Waals surface area (Å²) in [6.07, 6.45) is 0. The summed E-state index contributed by atoms with van der Waals surface area (Å²) < 4.78 is 19.0. The molecule has 0 spiro atoms. The number of hydrogen-bond acceptors (Lipinski definition) is 2. The van der Waals surface area contributed by atoms with Crippen LogP contribution in [-0.2, 0) is 6.54 Å². The number of nitrogens with one attached hydrogen (secondary N) is 1. The number of rotatable bonds is 5. The molecule has 2 rings (SSSR count). The van der Waals surface area contributed by atoms with Gasteiger partial charge in [-0.3, -0.25) is 0 Å². The molecule has 20 heavy (non-hydrogen) atoms. The third-order valence-corrected chi connectivity index (χ3v) is 3.82. The second-order valence-electron chi connectivity index (χ2n) is 4.62. The molecule has 1 unspecified atom stereocenters. The molecule has 0 saturated carbocycles. The van der Waals surface area contributed by atoms with E-state index in [1.807, 2.05) is 18.2 Å². The molecular weight excluding hydrogens is 321 g/mol. The zero-order valence-electron chi connectivity index (χ0n) is 11.5. The van der Waals surface area contributed by atoms with Crippen LogP contribution in [0.15, 0.2) is 46.9 Å². The van der Waals surface area contributed by atoms with Gasteiger partial charge in [-0.05, 0) is 58.2 Å². The van der Waals surface area contributed by atoms with Gasteiger partial charge in [-0.15, -0.1) is 0 Å². The van der Waals surface area contributed by atoms with Crippen molar-refractivity contribution >= 4 is 15.9 Å². The third-order valence-electron chi connectivity index (χ3n) is 3.20. The van der Waals surface area contributed by atoms with E-state index in [0.717, 1.165) is 27.9 Å². The summed E-state index contributed by atoms with van der Waals surface area (Å²) in [4.78, 5) is 0. The van der Waals surface area contributed by atoms with E-state index in [2.05, 4.69) is 28.2 Å². The largest absolute Gasteiger partial charge is 0.496 e. The van der Waals surface area contributed by atoms with Crippen molar-refractivity contribution in [2.24, 2.45) is 0 Å². The highest BCUT2D eigenvalue weighted by Gasteiger charge is 2.06. The van der Waals surface area contributed by atoms with Crippen molar-refractivity contribution in [1.82, 2.24) is 5.32 Å². The summed E-state index contributed by atoms with van der Waals surface area (Å²) in [5, 5.41) is 3.42.